The zero-order valence-electron chi connectivity index (χ0n) is 15.5. The van der Waals surface area contributed by atoms with E-state index in [4.69, 9.17) is 4.74 Å². The number of rotatable bonds is 4. The van der Waals surface area contributed by atoms with Crippen molar-refractivity contribution < 1.29 is 22.7 Å². The molecule has 0 radical (unpaired) electrons. The number of benzene rings is 2. The third-order valence-electron chi connectivity index (χ3n) is 5.45. The van der Waals surface area contributed by atoms with Gasteiger partial charge < -0.3 is 10.1 Å². The second-order valence-electron chi connectivity index (χ2n) is 7.30. The molecule has 2 unspecified atom stereocenters. The van der Waals surface area contributed by atoms with E-state index in [0.717, 1.165) is 22.1 Å². The Morgan fingerprint density at radius 2 is 1.85 bits per heavy atom. The summed E-state index contributed by atoms with van der Waals surface area (Å²) in [7, 11) is 1.61. The maximum atomic E-state index is 13.0. The smallest absolute Gasteiger partial charge is 0.391 e. The van der Waals surface area contributed by atoms with Crippen molar-refractivity contribution in [2.75, 3.05) is 7.11 Å². The van der Waals surface area contributed by atoms with Gasteiger partial charge in [0.15, 0.2) is 0 Å². The minimum absolute atomic E-state index is 0.0283. The van der Waals surface area contributed by atoms with E-state index in [9.17, 15) is 18.0 Å². The van der Waals surface area contributed by atoms with E-state index in [1.165, 1.54) is 0 Å². The van der Waals surface area contributed by atoms with Crippen LogP contribution in [0.25, 0.3) is 10.8 Å². The van der Waals surface area contributed by atoms with Gasteiger partial charge in [-0.15, -0.1) is 0 Å². The third kappa shape index (κ3) is 4.54. The molecule has 146 valence electrons. The number of hydrogen-bond acceptors (Lipinski definition) is 2. The molecule has 0 heterocycles. The maximum absolute atomic E-state index is 13.0. The standard InChI is InChI=1S/C21H24F3NO2/c1-13(14-6-7-16-11-19(27-2)9-8-15(16)10-14)20(26)25-18-5-3-4-17(12-18)21(22,23)24/h6-11,13,17-18H,3-5,12H2,1-2H3,(H,25,26)/t13-,17?,18?/m0/s1. The zero-order chi connectivity index (χ0) is 19.6. The lowest BCUT2D eigenvalue weighted by molar-refractivity contribution is -0.184. The van der Waals surface area contributed by atoms with Gasteiger partial charge in [-0.05, 0) is 54.7 Å². The first-order valence-electron chi connectivity index (χ1n) is 9.22. The summed E-state index contributed by atoms with van der Waals surface area (Å²) in [5.41, 5.74) is 0.841. The Balaban J connectivity index is 1.69. The number of carbonyl (C=O) groups is 1. The number of halogens is 3. The van der Waals surface area contributed by atoms with Crippen LogP contribution < -0.4 is 10.1 Å². The highest BCUT2D eigenvalue weighted by atomic mass is 19.4. The Morgan fingerprint density at radius 1 is 1.15 bits per heavy atom. The summed E-state index contributed by atoms with van der Waals surface area (Å²) in [6.45, 7) is 1.78. The number of fused-ring (bicyclic) bond motifs is 1. The SMILES string of the molecule is COc1ccc2cc([C@H](C)C(=O)NC3CCCC(C(F)(F)F)C3)ccc2c1. The van der Waals surface area contributed by atoms with E-state index in [0.29, 0.717) is 12.8 Å². The Bertz CT molecular complexity index is 819. The molecule has 1 amide bonds. The van der Waals surface area contributed by atoms with Crippen LogP contribution in [-0.2, 0) is 4.79 Å². The third-order valence-corrected chi connectivity index (χ3v) is 5.45. The fourth-order valence-corrected chi connectivity index (χ4v) is 3.73. The zero-order valence-corrected chi connectivity index (χ0v) is 15.5. The van der Waals surface area contributed by atoms with Crippen molar-refractivity contribution in [2.24, 2.45) is 5.92 Å². The van der Waals surface area contributed by atoms with Gasteiger partial charge in [-0.25, -0.2) is 0 Å². The predicted octanol–water partition coefficient (Wildman–Crippen LogP) is 5.19. The van der Waals surface area contributed by atoms with Crippen LogP contribution in [0.2, 0.25) is 0 Å². The van der Waals surface area contributed by atoms with E-state index in [2.05, 4.69) is 5.32 Å². The van der Waals surface area contributed by atoms with Gasteiger partial charge >= 0.3 is 6.18 Å². The fourth-order valence-electron chi connectivity index (χ4n) is 3.73. The second-order valence-corrected chi connectivity index (χ2v) is 7.30. The lowest BCUT2D eigenvalue weighted by Crippen LogP contribution is -2.43. The molecule has 0 spiro atoms. The Morgan fingerprint density at radius 3 is 2.56 bits per heavy atom. The monoisotopic (exact) mass is 379 g/mol. The van der Waals surface area contributed by atoms with Crippen LogP contribution in [0.15, 0.2) is 36.4 Å². The quantitative estimate of drug-likeness (QED) is 0.794. The molecule has 27 heavy (non-hydrogen) atoms. The van der Waals surface area contributed by atoms with Crippen LogP contribution in [0.1, 0.15) is 44.1 Å². The van der Waals surface area contributed by atoms with Crippen molar-refractivity contribution in [3.63, 3.8) is 0 Å². The average molecular weight is 379 g/mol. The molecule has 3 atom stereocenters. The van der Waals surface area contributed by atoms with Gasteiger partial charge in [0.1, 0.15) is 5.75 Å². The first kappa shape index (κ1) is 19.5. The van der Waals surface area contributed by atoms with Gasteiger partial charge in [0.25, 0.3) is 0 Å². The summed E-state index contributed by atoms with van der Waals surface area (Å²) in [6, 6.07) is 11.0. The topological polar surface area (TPSA) is 38.3 Å². The lowest BCUT2D eigenvalue weighted by Gasteiger charge is -2.31. The highest BCUT2D eigenvalue weighted by molar-refractivity contribution is 5.88. The second kappa shape index (κ2) is 7.79. The minimum atomic E-state index is -4.19. The number of carbonyl (C=O) groups excluding carboxylic acids is 1. The molecular weight excluding hydrogens is 355 g/mol. The van der Waals surface area contributed by atoms with Crippen LogP contribution in [0.3, 0.4) is 0 Å². The number of ether oxygens (including phenoxy) is 1. The van der Waals surface area contributed by atoms with Gasteiger partial charge in [0, 0.05) is 6.04 Å². The molecule has 0 bridgehead atoms. The Labute approximate surface area is 156 Å². The molecule has 1 saturated carbocycles. The molecule has 1 fully saturated rings. The summed E-state index contributed by atoms with van der Waals surface area (Å²) < 4.78 is 44.1. The molecule has 0 aromatic heterocycles. The van der Waals surface area contributed by atoms with Gasteiger partial charge in [-0.3, -0.25) is 4.79 Å². The van der Waals surface area contributed by atoms with Crippen LogP contribution in [0, 0.1) is 5.92 Å². The first-order valence-corrected chi connectivity index (χ1v) is 9.22. The van der Waals surface area contributed by atoms with Gasteiger partial charge in [0.05, 0.1) is 18.9 Å². The Hall–Kier alpha value is -2.24. The lowest BCUT2D eigenvalue weighted by atomic mass is 9.85. The molecule has 1 aliphatic carbocycles. The van der Waals surface area contributed by atoms with Crippen molar-refractivity contribution >= 4 is 16.7 Å². The number of hydrogen-bond donors (Lipinski definition) is 1. The molecule has 1 N–H and O–H groups in total. The Kier molecular flexibility index (Phi) is 5.63. The largest absolute Gasteiger partial charge is 0.497 e. The number of methoxy groups -OCH3 is 1. The van der Waals surface area contributed by atoms with Crippen LogP contribution in [-0.4, -0.2) is 25.2 Å². The highest BCUT2D eigenvalue weighted by Crippen LogP contribution is 2.37. The molecule has 1 aliphatic rings. The molecular formula is C21H24F3NO2. The number of nitrogens with one attached hydrogen (secondary N) is 1. The van der Waals surface area contributed by atoms with E-state index in [1.807, 2.05) is 36.4 Å². The molecule has 2 aromatic carbocycles. The first-order chi connectivity index (χ1) is 12.8. The van der Waals surface area contributed by atoms with Gasteiger partial charge in [-0.2, -0.15) is 13.2 Å². The summed E-state index contributed by atoms with van der Waals surface area (Å²) in [5.74, 6) is -1.21. The maximum Gasteiger partial charge on any atom is 0.391 e. The summed E-state index contributed by atoms with van der Waals surface area (Å²) in [5, 5.41) is 4.82. The van der Waals surface area contributed by atoms with Crippen molar-refractivity contribution in [2.45, 2.75) is 50.7 Å². The van der Waals surface area contributed by atoms with E-state index in [-0.39, 0.29) is 18.7 Å². The molecule has 6 heteroatoms. The number of alkyl halides is 3. The van der Waals surface area contributed by atoms with Crippen LogP contribution in [0.5, 0.6) is 5.75 Å². The van der Waals surface area contributed by atoms with Crippen molar-refractivity contribution in [1.29, 1.82) is 0 Å². The fraction of sp³-hybridized carbons (Fsp3) is 0.476. The normalized spacial score (nSPS) is 21.7. The van der Waals surface area contributed by atoms with Crippen molar-refractivity contribution in [3.8, 4) is 5.75 Å². The molecule has 0 aliphatic heterocycles. The van der Waals surface area contributed by atoms with Gasteiger partial charge in [0.2, 0.25) is 5.91 Å². The summed E-state index contributed by atoms with van der Waals surface area (Å²) >= 11 is 0. The van der Waals surface area contributed by atoms with E-state index in [1.54, 1.807) is 14.0 Å². The average Bonchev–Trinajstić information content (AvgIpc) is 2.66. The molecule has 3 nitrogen and oxygen atoms in total. The molecule has 2 aromatic rings. The van der Waals surface area contributed by atoms with Crippen LogP contribution >= 0.6 is 0 Å². The summed E-state index contributed by atoms with van der Waals surface area (Å²) in [6.07, 6.45) is -2.97. The van der Waals surface area contributed by atoms with Crippen LogP contribution in [0.4, 0.5) is 13.2 Å². The van der Waals surface area contributed by atoms with Gasteiger partial charge in [-0.1, -0.05) is 30.7 Å². The highest BCUT2D eigenvalue weighted by Gasteiger charge is 2.42. The predicted molar refractivity (Wildman–Crippen MR) is 98.9 cm³/mol. The van der Waals surface area contributed by atoms with Crippen molar-refractivity contribution in [3.05, 3.63) is 42.0 Å². The summed E-state index contributed by atoms with van der Waals surface area (Å²) in [4.78, 5) is 12.6. The number of amides is 1. The van der Waals surface area contributed by atoms with E-state index >= 15 is 0 Å². The molecule has 3 rings (SSSR count). The minimum Gasteiger partial charge on any atom is -0.497 e. The molecule has 0 saturated heterocycles. The van der Waals surface area contributed by atoms with Crippen molar-refractivity contribution in [1.82, 2.24) is 5.32 Å². The van der Waals surface area contributed by atoms with E-state index < -0.39 is 24.1 Å².